The van der Waals surface area contributed by atoms with Gasteiger partial charge in [0.05, 0.1) is 31.5 Å². The normalized spacial score (nSPS) is 17.9. The van der Waals surface area contributed by atoms with Crippen LogP contribution in [-0.2, 0) is 16.1 Å². The molecule has 1 aromatic heterocycles. The Morgan fingerprint density at radius 2 is 1.94 bits per heavy atom. The van der Waals surface area contributed by atoms with Crippen molar-refractivity contribution in [1.29, 1.82) is 0 Å². The second-order valence-electron chi connectivity index (χ2n) is 6.91. The van der Waals surface area contributed by atoms with Crippen molar-refractivity contribution in [2.24, 2.45) is 0 Å². The lowest BCUT2D eigenvalue weighted by molar-refractivity contribution is -0.140. The third-order valence-electron chi connectivity index (χ3n) is 5.06. The maximum Gasteiger partial charge on any atom is 0.296 e. The highest BCUT2D eigenvalue weighted by Gasteiger charge is 2.46. The molecule has 1 unspecified atom stereocenters. The van der Waals surface area contributed by atoms with E-state index < -0.39 is 29.3 Å². The highest BCUT2D eigenvalue weighted by atomic mass is 35.5. The van der Waals surface area contributed by atoms with Gasteiger partial charge in [-0.2, -0.15) is 0 Å². The number of aliphatic hydroxyl groups excluding tert-OH is 1. The summed E-state index contributed by atoms with van der Waals surface area (Å²) in [5.74, 6) is -2.41. The zero-order valence-electron chi connectivity index (χ0n) is 16.3. The molecule has 0 aliphatic carbocycles. The molecule has 2 aromatic carbocycles. The number of ether oxygens (including phenoxy) is 1. The molecule has 158 valence electrons. The number of furan rings is 1. The van der Waals surface area contributed by atoms with E-state index in [2.05, 4.69) is 0 Å². The predicted octanol–water partition coefficient (Wildman–Crippen LogP) is 4.70. The van der Waals surface area contributed by atoms with Crippen LogP contribution in [0.5, 0.6) is 5.75 Å². The molecule has 1 aliphatic heterocycles. The Hall–Kier alpha value is -3.58. The van der Waals surface area contributed by atoms with Gasteiger partial charge in [-0.25, -0.2) is 4.39 Å². The van der Waals surface area contributed by atoms with E-state index in [-0.39, 0.29) is 23.4 Å². The molecule has 8 heteroatoms. The van der Waals surface area contributed by atoms with Crippen molar-refractivity contribution in [3.8, 4) is 5.75 Å². The van der Waals surface area contributed by atoms with E-state index in [1.54, 1.807) is 36.4 Å². The van der Waals surface area contributed by atoms with Crippen LogP contribution >= 0.6 is 11.6 Å². The van der Waals surface area contributed by atoms with Crippen LogP contribution in [0, 0.1) is 5.82 Å². The lowest BCUT2D eigenvalue weighted by Gasteiger charge is -2.24. The number of rotatable bonds is 5. The molecule has 0 spiro atoms. The average molecular weight is 442 g/mol. The molecule has 1 amide bonds. The van der Waals surface area contributed by atoms with Crippen LogP contribution in [0.3, 0.4) is 0 Å². The Morgan fingerprint density at radius 3 is 2.55 bits per heavy atom. The molecule has 1 aliphatic rings. The summed E-state index contributed by atoms with van der Waals surface area (Å²) in [5.41, 5.74) is 0.461. The number of methoxy groups -OCH3 is 1. The molecule has 0 bridgehead atoms. The van der Waals surface area contributed by atoms with E-state index in [0.29, 0.717) is 16.3 Å². The van der Waals surface area contributed by atoms with Crippen molar-refractivity contribution >= 4 is 29.1 Å². The number of amides is 1. The highest BCUT2D eigenvalue weighted by molar-refractivity contribution is 6.46. The van der Waals surface area contributed by atoms with Crippen LogP contribution in [0.15, 0.2) is 70.9 Å². The van der Waals surface area contributed by atoms with Gasteiger partial charge in [0.15, 0.2) is 11.6 Å². The minimum absolute atomic E-state index is 0.0101. The number of Topliss-reactive ketones (excluding diaryl/α,β-unsaturated/α-hetero) is 1. The highest BCUT2D eigenvalue weighted by Crippen LogP contribution is 2.40. The molecule has 2 heterocycles. The average Bonchev–Trinajstić information content (AvgIpc) is 3.36. The number of ketones is 1. The summed E-state index contributed by atoms with van der Waals surface area (Å²) in [6, 6.07) is 12.8. The maximum atomic E-state index is 14.2. The van der Waals surface area contributed by atoms with Crippen molar-refractivity contribution in [1.82, 2.24) is 4.90 Å². The van der Waals surface area contributed by atoms with Crippen LogP contribution in [0.2, 0.25) is 5.02 Å². The van der Waals surface area contributed by atoms with Crippen LogP contribution in [0.25, 0.3) is 5.76 Å². The molecule has 4 rings (SSSR count). The van der Waals surface area contributed by atoms with E-state index in [1.807, 2.05) is 0 Å². The first kappa shape index (κ1) is 20.7. The van der Waals surface area contributed by atoms with Crippen LogP contribution in [0.4, 0.5) is 4.39 Å². The maximum absolute atomic E-state index is 14.2. The van der Waals surface area contributed by atoms with Crippen molar-refractivity contribution in [2.75, 3.05) is 7.11 Å². The van der Waals surface area contributed by atoms with Gasteiger partial charge >= 0.3 is 0 Å². The molecular formula is C23H17ClFNO5. The summed E-state index contributed by atoms with van der Waals surface area (Å²) in [4.78, 5) is 27.1. The summed E-state index contributed by atoms with van der Waals surface area (Å²) < 4.78 is 24.4. The minimum atomic E-state index is -0.910. The zero-order chi connectivity index (χ0) is 22.1. The number of benzene rings is 2. The molecule has 31 heavy (non-hydrogen) atoms. The van der Waals surface area contributed by atoms with Gasteiger partial charge in [-0.1, -0.05) is 23.7 Å². The van der Waals surface area contributed by atoms with Crippen molar-refractivity contribution in [2.45, 2.75) is 12.6 Å². The quantitative estimate of drug-likeness (QED) is 0.352. The van der Waals surface area contributed by atoms with E-state index in [0.717, 1.165) is 6.07 Å². The molecule has 3 aromatic rings. The molecule has 1 atom stereocenters. The molecule has 1 N–H and O–H groups in total. The summed E-state index contributed by atoms with van der Waals surface area (Å²) in [5, 5.41) is 11.4. The Bertz CT molecular complexity index is 1170. The van der Waals surface area contributed by atoms with Crippen molar-refractivity contribution < 1.29 is 28.2 Å². The van der Waals surface area contributed by atoms with Gasteiger partial charge in [0, 0.05) is 10.6 Å². The van der Waals surface area contributed by atoms with E-state index >= 15 is 0 Å². The Morgan fingerprint density at radius 1 is 1.19 bits per heavy atom. The van der Waals surface area contributed by atoms with Crippen LogP contribution in [0.1, 0.15) is 22.9 Å². The fourth-order valence-electron chi connectivity index (χ4n) is 3.57. The summed E-state index contributed by atoms with van der Waals surface area (Å²) in [7, 11) is 1.32. The fourth-order valence-corrected chi connectivity index (χ4v) is 3.70. The first-order chi connectivity index (χ1) is 14.9. The SMILES string of the molecule is COc1ccc(/C(O)=C2\C(=O)C(=O)N(Cc3ccco3)C2c2ccc(Cl)cc2)cc1F. The number of aliphatic hydroxyl groups is 1. The minimum Gasteiger partial charge on any atom is -0.507 e. The monoisotopic (exact) mass is 441 g/mol. The third kappa shape index (κ3) is 3.80. The van der Waals surface area contributed by atoms with Crippen molar-refractivity contribution in [3.05, 3.63) is 94.2 Å². The topological polar surface area (TPSA) is 80.0 Å². The van der Waals surface area contributed by atoms with Crippen LogP contribution < -0.4 is 4.74 Å². The molecular weight excluding hydrogens is 425 g/mol. The number of hydrogen-bond acceptors (Lipinski definition) is 5. The van der Waals surface area contributed by atoms with Gasteiger partial charge in [0.25, 0.3) is 11.7 Å². The third-order valence-corrected chi connectivity index (χ3v) is 5.31. The molecule has 6 nitrogen and oxygen atoms in total. The lowest BCUT2D eigenvalue weighted by atomic mass is 9.95. The van der Waals surface area contributed by atoms with Gasteiger partial charge in [0.2, 0.25) is 0 Å². The number of carbonyl (C=O) groups excluding carboxylic acids is 2. The number of likely N-dealkylation sites (tertiary alicyclic amines) is 1. The first-order valence-corrected chi connectivity index (χ1v) is 9.68. The second kappa shape index (κ2) is 8.28. The fraction of sp³-hybridized carbons (Fsp3) is 0.130. The number of hydrogen-bond donors (Lipinski definition) is 1. The number of halogens is 2. The van der Waals surface area contributed by atoms with Crippen LogP contribution in [-0.4, -0.2) is 28.8 Å². The smallest absolute Gasteiger partial charge is 0.296 e. The predicted molar refractivity (Wildman–Crippen MR) is 111 cm³/mol. The Kier molecular flexibility index (Phi) is 5.52. The molecule has 0 radical (unpaired) electrons. The Balaban J connectivity index is 1.86. The number of carbonyl (C=O) groups is 2. The Labute approximate surface area is 182 Å². The van der Waals surface area contributed by atoms with Crippen molar-refractivity contribution in [3.63, 3.8) is 0 Å². The summed E-state index contributed by atoms with van der Waals surface area (Å²) >= 11 is 5.99. The molecule has 0 saturated carbocycles. The van der Waals surface area contributed by atoms with Gasteiger partial charge in [-0.05, 0) is 48.0 Å². The lowest BCUT2D eigenvalue weighted by Crippen LogP contribution is -2.29. The zero-order valence-corrected chi connectivity index (χ0v) is 17.1. The van der Waals surface area contributed by atoms with Gasteiger partial charge in [-0.15, -0.1) is 0 Å². The van der Waals surface area contributed by atoms with Gasteiger partial charge < -0.3 is 19.2 Å². The summed E-state index contributed by atoms with van der Waals surface area (Å²) in [6.07, 6.45) is 1.46. The summed E-state index contributed by atoms with van der Waals surface area (Å²) in [6.45, 7) is 0.0125. The van der Waals surface area contributed by atoms with E-state index in [1.165, 1.54) is 30.4 Å². The molecule has 1 saturated heterocycles. The first-order valence-electron chi connectivity index (χ1n) is 9.31. The standard InChI is InChI=1S/C23H17ClFNO5/c1-30-18-9-6-14(11-17(18)25)21(27)19-20(13-4-7-15(24)8-5-13)26(23(29)22(19)28)12-16-3-2-10-31-16/h2-11,20,27H,12H2,1H3/b21-19+. The molecule has 1 fully saturated rings. The van der Waals surface area contributed by atoms with E-state index in [4.69, 9.17) is 20.8 Å². The van der Waals surface area contributed by atoms with E-state index in [9.17, 15) is 19.1 Å². The van der Waals surface area contributed by atoms with Gasteiger partial charge in [-0.3, -0.25) is 9.59 Å². The largest absolute Gasteiger partial charge is 0.507 e. The van der Waals surface area contributed by atoms with Gasteiger partial charge in [0.1, 0.15) is 11.5 Å². The number of nitrogens with zero attached hydrogens (tertiary/aromatic N) is 1. The second-order valence-corrected chi connectivity index (χ2v) is 7.34.